The van der Waals surface area contributed by atoms with Crippen molar-refractivity contribution in [1.82, 2.24) is 4.90 Å². The Morgan fingerprint density at radius 2 is 1.54 bits per heavy atom. The van der Waals surface area contributed by atoms with Crippen LogP contribution < -0.4 is 4.90 Å². The third kappa shape index (κ3) is 3.96. The summed E-state index contributed by atoms with van der Waals surface area (Å²) in [6.45, 7) is 11.1. The fourth-order valence-electron chi connectivity index (χ4n) is 5.46. The summed E-state index contributed by atoms with van der Waals surface area (Å²) in [5, 5.41) is 0. The van der Waals surface area contributed by atoms with Gasteiger partial charge < -0.3 is 4.90 Å². The fourth-order valence-corrected chi connectivity index (χ4v) is 5.46. The molecular weight excluding hydrogens is 316 g/mol. The monoisotopic (exact) mass is 354 g/mol. The van der Waals surface area contributed by atoms with Gasteiger partial charge in [-0.05, 0) is 67.4 Å². The third-order valence-electron chi connectivity index (χ3n) is 7.85. The number of hydrogen-bond acceptors (Lipinski definition) is 2. The molecule has 0 N–H and O–H groups in total. The maximum absolute atomic E-state index is 2.70. The van der Waals surface area contributed by atoms with Gasteiger partial charge in [-0.25, -0.2) is 0 Å². The number of rotatable bonds is 6. The molecule has 0 radical (unpaired) electrons. The van der Waals surface area contributed by atoms with Crippen LogP contribution in [-0.2, 0) is 0 Å². The zero-order valence-corrected chi connectivity index (χ0v) is 17.1. The topological polar surface area (TPSA) is 6.48 Å². The van der Waals surface area contributed by atoms with Gasteiger partial charge in [0.05, 0.1) is 0 Å². The van der Waals surface area contributed by atoms with Gasteiger partial charge in [0.25, 0.3) is 0 Å². The summed E-state index contributed by atoms with van der Waals surface area (Å²) < 4.78 is 0. The van der Waals surface area contributed by atoms with E-state index >= 15 is 0 Å². The normalized spacial score (nSPS) is 24.8. The number of para-hydroxylation sites is 1. The van der Waals surface area contributed by atoms with E-state index < -0.39 is 0 Å². The van der Waals surface area contributed by atoms with Gasteiger partial charge in [-0.2, -0.15) is 0 Å². The summed E-state index contributed by atoms with van der Waals surface area (Å²) in [6, 6.07) is 9.35. The maximum atomic E-state index is 2.70. The molecule has 2 saturated carbocycles. The lowest BCUT2D eigenvalue weighted by Gasteiger charge is -2.41. The Bertz CT molecular complexity index is 570. The highest BCUT2D eigenvalue weighted by molar-refractivity contribution is 5.55. The Morgan fingerprint density at radius 3 is 2.15 bits per heavy atom. The summed E-state index contributed by atoms with van der Waals surface area (Å²) in [7, 11) is 0. The minimum Gasteiger partial charge on any atom is -0.369 e. The molecule has 3 fully saturated rings. The van der Waals surface area contributed by atoms with E-state index in [9.17, 15) is 0 Å². The first-order valence-corrected chi connectivity index (χ1v) is 11.3. The van der Waals surface area contributed by atoms with Gasteiger partial charge in [-0.3, -0.25) is 4.90 Å². The van der Waals surface area contributed by atoms with E-state index in [1.165, 1.54) is 84.1 Å². The molecule has 1 saturated heterocycles. The van der Waals surface area contributed by atoms with E-state index in [-0.39, 0.29) is 0 Å². The van der Waals surface area contributed by atoms with Crippen molar-refractivity contribution in [2.24, 2.45) is 11.3 Å². The minimum absolute atomic E-state index is 0.639. The number of benzene rings is 1. The number of anilines is 1. The zero-order chi connectivity index (χ0) is 18.0. The smallest absolute Gasteiger partial charge is 0.0402 e. The molecule has 2 aliphatic carbocycles. The van der Waals surface area contributed by atoms with Gasteiger partial charge in [0.15, 0.2) is 0 Å². The van der Waals surface area contributed by atoms with E-state index in [1.54, 1.807) is 11.3 Å². The van der Waals surface area contributed by atoms with Crippen molar-refractivity contribution in [2.75, 3.05) is 37.6 Å². The molecule has 26 heavy (non-hydrogen) atoms. The first kappa shape index (κ1) is 18.3. The van der Waals surface area contributed by atoms with Gasteiger partial charge in [0, 0.05) is 38.4 Å². The first-order valence-electron chi connectivity index (χ1n) is 11.3. The minimum atomic E-state index is 0.639. The molecule has 4 rings (SSSR count). The highest BCUT2D eigenvalue weighted by Crippen LogP contribution is 2.48. The Morgan fingerprint density at radius 1 is 0.885 bits per heavy atom. The molecule has 144 valence electrons. The van der Waals surface area contributed by atoms with E-state index in [0.29, 0.717) is 5.41 Å². The van der Waals surface area contributed by atoms with E-state index in [4.69, 9.17) is 0 Å². The van der Waals surface area contributed by atoms with Crippen molar-refractivity contribution in [3.05, 3.63) is 29.8 Å². The van der Waals surface area contributed by atoms with Gasteiger partial charge in [-0.15, -0.1) is 0 Å². The van der Waals surface area contributed by atoms with Gasteiger partial charge in [-0.1, -0.05) is 44.9 Å². The van der Waals surface area contributed by atoms with Crippen molar-refractivity contribution in [3.63, 3.8) is 0 Å². The van der Waals surface area contributed by atoms with Crippen molar-refractivity contribution < 1.29 is 0 Å². The Hall–Kier alpha value is -1.02. The van der Waals surface area contributed by atoms with Crippen molar-refractivity contribution in [3.8, 4) is 0 Å². The lowest BCUT2D eigenvalue weighted by Crippen LogP contribution is -2.47. The third-order valence-corrected chi connectivity index (χ3v) is 7.85. The zero-order valence-electron chi connectivity index (χ0n) is 17.1. The van der Waals surface area contributed by atoms with Crippen LogP contribution in [0.3, 0.4) is 0 Å². The van der Waals surface area contributed by atoms with E-state index in [0.717, 1.165) is 11.8 Å². The van der Waals surface area contributed by atoms with Gasteiger partial charge >= 0.3 is 0 Å². The van der Waals surface area contributed by atoms with Crippen LogP contribution in [0.25, 0.3) is 0 Å². The van der Waals surface area contributed by atoms with E-state index in [1.807, 2.05) is 0 Å². The molecule has 2 heteroatoms. The van der Waals surface area contributed by atoms with Crippen molar-refractivity contribution >= 4 is 5.69 Å². The summed E-state index contributed by atoms with van der Waals surface area (Å²) in [5.74, 6) is 1.80. The fraction of sp³-hybridized carbons (Fsp3) is 0.750. The van der Waals surface area contributed by atoms with Crippen molar-refractivity contribution in [1.29, 1.82) is 0 Å². The molecular formula is C24H38N2. The van der Waals surface area contributed by atoms with Crippen LogP contribution in [0.1, 0.15) is 76.7 Å². The average molecular weight is 355 g/mol. The Labute approximate surface area is 161 Å². The summed E-state index contributed by atoms with van der Waals surface area (Å²) in [5.41, 5.74) is 3.83. The Kier molecular flexibility index (Phi) is 5.59. The van der Waals surface area contributed by atoms with Crippen LogP contribution in [0.15, 0.2) is 24.3 Å². The predicted octanol–water partition coefficient (Wildman–Crippen LogP) is 5.68. The quantitative estimate of drug-likeness (QED) is 0.648. The first-order chi connectivity index (χ1) is 12.7. The maximum Gasteiger partial charge on any atom is 0.0402 e. The molecule has 1 heterocycles. The summed E-state index contributed by atoms with van der Waals surface area (Å²) >= 11 is 0. The highest BCUT2D eigenvalue weighted by atomic mass is 15.3. The highest BCUT2D eigenvalue weighted by Gasteiger charge is 2.34. The van der Waals surface area contributed by atoms with E-state index in [2.05, 4.69) is 47.9 Å². The molecule has 1 aromatic rings. The standard InChI is InChI=1S/C24H38N2/c1-3-24(4-2)13-11-21(12-14-24)22-7-5-6-8-23(22)26-17-15-25(16-18-26)19-20-9-10-20/h5-8,20-21H,3-4,9-19H2,1-2H3. The second kappa shape index (κ2) is 7.92. The predicted molar refractivity (Wildman–Crippen MR) is 112 cm³/mol. The molecule has 1 aliphatic heterocycles. The van der Waals surface area contributed by atoms with Crippen LogP contribution in [0.4, 0.5) is 5.69 Å². The summed E-state index contributed by atoms with van der Waals surface area (Å²) in [4.78, 5) is 5.38. The number of piperazine rings is 1. The molecule has 1 aromatic carbocycles. The van der Waals surface area contributed by atoms with Gasteiger partial charge in [0.2, 0.25) is 0 Å². The van der Waals surface area contributed by atoms with Crippen LogP contribution in [0.2, 0.25) is 0 Å². The molecule has 0 bridgehead atoms. The van der Waals surface area contributed by atoms with Crippen LogP contribution in [-0.4, -0.2) is 37.6 Å². The van der Waals surface area contributed by atoms with Crippen LogP contribution >= 0.6 is 0 Å². The van der Waals surface area contributed by atoms with Crippen LogP contribution in [0.5, 0.6) is 0 Å². The Balaban J connectivity index is 1.41. The molecule has 0 spiro atoms. The number of hydrogen-bond donors (Lipinski definition) is 0. The lowest BCUT2D eigenvalue weighted by atomic mass is 9.66. The molecule has 0 amide bonds. The lowest BCUT2D eigenvalue weighted by molar-refractivity contribution is 0.159. The SMILES string of the molecule is CCC1(CC)CCC(c2ccccc2N2CCN(CC3CC3)CC2)CC1. The van der Waals surface area contributed by atoms with Gasteiger partial charge in [0.1, 0.15) is 0 Å². The molecule has 0 atom stereocenters. The summed E-state index contributed by atoms with van der Waals surface area (Å²) in [6.07, 6.45) is 11.3. The number of nitrogens with zero attached hydrogens (tertiary/aromatic N) is 2. The second-order valence-corrected chi connectivity index (χ2v) is 9.27. The van der Waals surface area contributed by atoms with Crippen LogP contribution in [0, 0.1) is 11.3 Å². The molecule has 0 aromatic heterocycles. The molecule has 3 aliphatic rings. The second-order valence-electron chi connectivity index (χ2n) is 9.27. The molecule has 2 nitrogen and oxygen atoms in total. The van der Waals surface area contributed by atoms with Crippen molar-refractivity contribution in [2.45, 2.75) is 71.1 Å². The largest absolute Gasteiger partial charge is 0.369 e. The molecule has 0 unspecified atom stereocenters. The average Bonchev–Trinajstić information content (AvgIpc) is 3.53.